The molecule has 1 aromatic carbocycles. The van der Waals surface area contributed by atoms with E-state index < -0.39 is 0 Å². The topological polar surface area (TPSA) is 53.6 Å². The van der Waals surface area contributed by atoms with Gasteiger partial charge in [-0.1, -0.05) is 11.6 Å². The molecule has 0 radical (unpaired) electrons. The molecule has 0 atom stereocenters. The number of nitrogens with one attached hydrogen (secondary N) is 1. The van der Waals surface area contributed by atoms with Gasteiger partial charge >= 0.3 is 0 Å². The molecule has 0 fully saturated rings. The first-order valence-electron chi connectivity index (χ1n) is 6.00. The fourth-order valence-corrected chi connectivity index (χ4v) is 3.01. The number of hydrogen-bond acceptors (Lipinski definition) is 4. The quantitative estimate of drug-likeness (QED) is 0.801. The van der Waals surface area contributed by atoms with Gasteiger partial charge in [0.25, 0.3) is 0 Å². The zero-order valence-electron chi connectivity index (χ0n) is 10.7. The van der Waals surface area contributed by atoms with Crippen LogP contribution in [0.25, 0.3) is 10.2 Å². The van der Waals surface area contributed by atoms with Gasteiger partial charge in [-0.15, -0.1) is 11.3 Å². The molecule has 2 heterocycles. The maximum absolute atomic E-state index is 8.95. The largest absolute Gasteiger partial charge is 0.378 e. The van der Waals surface area contributed by atoms with E-state index in [9.17, 15) is 0 Å². The van der Waals surface area contributed by atoms with E-state index in [0.29, 0.717) is 17.3 Å². The lowest BCUT2D eigenvalue weighted by Gasteiger charge is -2.08. The summed E-state index contributed by atoms with van der Waals surface area (Å²) < 4.78 is 2.91. The highest BCUT2D eigenvalue weighted by atomic mass is 35.5. The maximum Gasteiger partial charge on any atom is 0.120 e. The van der Waals surface area contributed by atoms with Crippen LogP contribution in [0.4, 0.5) is 5.69 Å². The van der Waals surface area contributed by atoms with Gasteiger partial charge in [0.1, 0.15) is 17.3 Å². The van der Waals surface area contributed by atoms with Crippen molar-refractivity contribution in [2.75, 3.05) is 5.32 Å². The molecule has 100 valence electrons. The van der Waals surface area contributed by atoms with Gasteiger partial charge in [0.15, 0.2) is 0 Å². The van der Waals surface area contributed by atoms with Crippen molar-refractivity contribution in [2.24, 2.45) is 7.05 Å². The smallest absolute Gasteiger partial charge is 0.120 e. The summed E-state index contributed by atoms with van der Waals surface area (Å²) in [6.07, 6.45) is 1.93. The van der Waals surface area contributed by atoms with E-state index in [4.69, 9.17) is 16.9 Å². The molecule has 1 N–H and O–H groups in total. The summed E-state index contributed by atoms with van der Waals surface area (Å²) in [6, 6.07) is 7.85. The van der Waals surface area contributed by atoms with E-state index in [0.717, 1.165) is 21.5 Å². The lowest BCUT2D eigenvalue weighted by atomic mass is 10.2. The second-order valence-electron chi connectivity index (χ2n) is 4.43. The van der Waals surface area contributed by atoms with Crippen LogP contribution in [0.1, 0.15) is 11.3 Å². The third kappa shape index (κ3) is 2.24. The summed E-state index contributed by atoms with van der Waals surface area (Å²) in [5.41, 5.74) is 5.21. The Balaban J connectivity index is 1.88. The van der Waals surface area contributed by atoms with Crippen LogP contribution in [0.15, 0.2) is 29.9 Å². The van der Waals surface area contributed by atoms with E-state index in [1.54, 1.807) is 11.3 Å². The van der Waals surface area contributed by atoms with E-state index >= 15 is 0 Å². The van der Waals surface area contributed by atoms with Crippen LogP contribution in [-0.4, -0.2) is 9.55 Å². The van der Waals surface area contributed by atoms with E-state index in [1.165, 1.54) is 0 Å². The SMILES string of the molecule is Cn1cc(CNc2c(Cl)ccc3scnc23)cc1C#N. The monoisotopic (exact) mass is 302 g/mol. The minimum atomic E-state index is 0.603. The van der Waals surface area contributed by atoms with Crippen LogP contribution in [0.2, 0.25) is 5.02 Å². The van der Waals surface area contributed by atoms with Gasteiger partial charge in [-0.25, -0.2) is 4.98 Å². The van der Waals surface area contributed by atoms with Crippen LogP contribution in [0.3, 0.4) is 0 Å². The van der Waals surface area contributed by atoms with Crippen molar-refractivity contribution >= 4 is 38.8 Å². The third-order valence-electron chi connectivity index (χ3n) is 3.10. The zero-order valence-corrected chi connectivity index (χ0v) is 12.3. The van der Waals surface area contributed by atoms with Crippen LogP contribution in [-0.2, 0) is 13.6 Å². The van der Waals surface area contributed by atoms with Gasteiger partial charge in [-0.3, -0.25) is 0 Å². The molecule has 4 nitrogen and oxygen atoms in total. The first-order valence-corrected chi connectivity index (χ1v) is 7.25. The molecule has 2 aromatic heterocycles. The predicted octanol–water partition coefficient (Wildman–Crippen LogP) is 3.77. The highest BCUT2D eigenvalue weighted by Crippen LogP contribution is 2.32. The Labute approximate surface area is 125 Å². The normalized spacial score (nSPS) is 10.7. The summed E-state index contributed by atoms with van der Waals surface area (Å²) in [5, 5.41) is 12.9. The zero-order chi connectivity index (χ0) is 14.1. The summed E-state index contributed by atoms with van der Waals surface area (Å²) >= 11 is 7.82. The van der Waals surface area contributed by atoms with Crippen LogP contribution in [0.5, 0.6) is 0 Å². The van der Waals surface area contributed by atoms with Crippen LogP contribution >= 0.6 is 22.9 Å². The lowest BCUT2D eigenvalue weighted by molar-refractivity contribution is 0.902. The second-order valence-corrected chi connectivity index (χ2v) is 5.72. The fourth-order valence-electron chi connectivity index (χ4n) is 2.11. The molecule has 0 unspecified atom stereocenters. The molecule has 0 saturated heterocycles. The third-order valence-corrected chi connectivity index (χ3v) is 4.21. The minimum absolute atomic E-state index is 0.603. The van der Waals surface area contributed by atoms with Gasteiger partial charge < -0.3 is 9.88 Å². The minimum Gasteiger partial charge on any atom is -0.378 e. The number of fused-ring (bicyclic) bond motifs is 1. The molecule has 0 spiro atoms. The molecule has 0 aliphatic carbocycles. The molecular weight excluding hydrogens is 292 g/mol. The standard InChI is InChI=1S/C14H11ClN4S/c1-19-7-9(4-10(19)5-16)6-17-13-11(15)2-3-12-14(13)18-8-20-12/h2-4,7-8,17H,6H2,1H3. The molecule has 0 amide bonds. The number of nitrogens with zero attached hydrogens (tertiary/aromatic N) is 3. The Hall–Kier alpha value is -2.03. The number of aromatic nitrogens is 2. The number of benzene rings is 1. The molecule has 20 heavy (non-hydrogen) atoms. The molecule has 0 aliphatic heterocycles. The van der Waals surface area contributed by atoms with Gasteiger partial charge in [-0.2, -0.15) is 5.26 Å². The molecule has 0 aliphatic rings. The number of aryl methyl sites for hydroxylation is 1. The van der Waals surface area contributed by atoms with Gasteiger partial charge in [0, 0.05) is 19.8 Å². The highest BCUT2D eigenvalue weighted by molar-refractivity contribution is 7.16. The first kappa shape index (κ1) is 13.0. The molecular formula is C14H11ClN4S. The fraction of sp³-hybridized carbons (Fsp3) is 0.143. The van der Waals surface area contributed by atoms with Crippen molar-refractivity contribution < 1.29 is 0 Å². The predicted molar refractivity (Wildman–Crippen MR) is 82.1 cm³/mol. The maximum atomic E-state index is 8.95. The van der Waals surface area contributed by atoms with Crippen LogP contribution in [0, 0.1) is 11.3 Å². The summed E-state index contributed by atoms with van der Waals surface area (Å²) in [6.45, 7) is 0.603. The van der Waals surface area contributed by atoms with E-state index in [-0.39, 0.29) is 0 Å². The molecule has 0 saturated carbocycles. The number of rotatable bonds is 3. The number of anilines is 1. The molecule has 6 heteroatoms. The van der Waals surface area contributed by atoms with Crippen molar-refractivity contribution in [3.63, 3.8) is 0 Å². The van der Waals surface area contributed by atoms with Crippen molar-refractivity contribution in [3.8, 4) is 6.07 Å². The number of nitriles is 1. The molecule has 3 rings (SSSR count). The lowest BCUT2D eigenvalue weighted by Crippen LogP contribution is -1.99. The van der Waals surface area contributed by atoms with Crippen molar-refractivity contribution in [1.82, 2.24) is 9.55 Å². The average molecular weight is 303 g/mol. The van der Waals surface area contributed by atoms with E-state index in [1.807, 2.05) is 41.5 Å². The van der Waals surface area contributed by atoms with Gasteiger partial charge in [0.2, 0.25) is 0 Å². The van der Waals surface area contributed by atoms with E-state index in [2.05, 4.69) is 16.4 Å². The summed E-state index contributed by atoms with van der Waals surface area (Å²) in [4.78, 5) is 4.34. The molecule has 3 aromatic rings. The average Bonchev–Trinajstić information content (AvgIpc) is 3.04. The Bertz CT molecular complexity index is 812. The Morgan fingerprint density at radius 1 is 1.50 bits per heavy atom. The number of halogens is 1. The van der Waals surface area contributed by atoms with Crippen molar-refractivity contribution in [3.05, 3.63) is 46.2 Å². The summed E-state index contributed by atoms with van der Waals surface area (Å²) in [7, 11) is 1.86. The van der Waals surface area contributed by atoms with Crippen LogP contribution < -0.4 is 5.32 Å². The Morgan fingerprint density at radius 3 is 3.10 bits per heavy atom. The summed E-state index contributed by atoms with van der Waals surface area (Å²) in [5.74, 6) is 0. The Morgan fingerprint density at radius 2 is 2.35 bits per heavy atom. The van der Waals surface area contributed by atoms with Crippen molar-refractivity contribution in [2.45, 2.75) is 6.54 Å². The van der Waals surface area contributed by atoms with Gasteiger partial charge in [0.05, 0.1) is 20.9 Å². The Kier molecular flexibility index (Phi) is 3.35. The highest BCUT2D eigenvalue weighted by Gasteiger charge is 2.09. The number of hydrogen-bond donors (Lipinski definition) is 1. The number of thiazole rings is 1. The van der Waals surface area contributed by atoms with Crippen molar-refractivity contribution in [1.29, 1.82) is 5.26 Å². The first-order chi connectivity index (χ1) is 9.69. The van der Waals surface area contributed by atoms with Gasteiger partial charge in [-0.05, 0) is 23.8 Å². The molecule has 0 bridgehead atoms. The second kappa shape index (κ2) is 5.16.